The standard InChI is InChI=1S/C12H36N2O2Si6/c1-19(2,3)13-17(15-21(7,8)9)14(20(4,5)6)18(13)16-22(10,11)12/h1-12H3. The van der Waals surface area contributed by atoms with Gasteiger partial charge >= 0.3 is 18.7 Å². The van der Waals surface area contributed by atoms with Crippen molar-refractivity contribution in [3.63, 3.8) is 0 Å². The minimum absolute atomic E-state index is 1.02. The molecular weight excluding hydrogens is 373 g/mol. The van der Waals surface area contributed by atoms with Crippen LogP contribution in [0.4, 0.5) is 0 Å². The van der Waals surface area contributed by atoms with Crippen LogP contribution >= 0.6 is 0 Å². The Morgan fingerprint density at radius 2 is 0.727 bits per heavy atom. The lowest BCUT2D eigenvalue weighted by molar-refractivity contribution is 0.372. The van der Waals surface area contributed by atoms with Gasteiger partial charge in [-0.15, -0.1) is 0 Å². The van der Waals surface area contributed by atoms with Crippen LogP contribution in [0.1, 0.15) is 0 Å². The fourth-order valence-corrected chi connectivity index (χ4v) is 25.8. The number of rotatable bonds is 6. The molecule has 0 N–H and O–H groups in total. The lowest BCUT2D eigenvalue weighted by Gasteiger charge is -2.62. The van der Waals surface area contributed by atoms with Crippen molar-refractivity contribution in [2.24, 2.45) is 0 Å². The van der Waals surface area contributed by atoms with Crippen LogP contribution in [0.3, 0.4) is 0 Å². The van der Waals surface area contributed by atoms with E-state index in [-0.39, 0.29) is 0 Å². The molecule has 4 nitrogen and oxygen atoms in total. The molecule has 0 aromatic rings. The van der Waals surface area contributed by atoms with Crippen molar-refractivity contribution in [3.05, 3.63) is 0 Å². The third-order valence-electron chi connectivity index (χ3n) is 2.90. The van der Waals surface area contributed by atoms with Gasteiger partial charge in [0.25, 0.3) is 0 Å². The Morgan fingerprint density at radius 1 is 0.500 bits per heavy atom. The van der Waals surface area contributed by atoms with Crippen LogP contribution in [0.15, 0.2) is 0 Å². The monoisotopic (exact) mass is 408 g/mol. The Balaban J connectivity index is 3.16. The molecule has 1 saturated heterocycles. The first-order chi connectivity index (χ1) is 9.43. The summed E-state index contributed by atoms with van der Waals surface area (Å²) >= 11 is 0. The molecule has 0 aromatic heterocycles. The van der Waals surface area contributed by atoms with E-state index in [1.165, 1.54) is 0 Å². The van der Waals surface area contributed by atoms with Crippen LogP contribution in [0, 0.1) is 0 Å². The van der Waals surface area contributed by atoms with Gasteiger partial charge in [0.15, 0.2) is 16.6 Å². The molecule has 0 bridgehead atoms. The fraction of sp³-hybridized carbons (Fsp3) is 1.00. The van der Waals surface area contributed by atoms with E-state index in [1.54, 1.807) is 0 Å². The predicted octanol–water partition coefficient (Wildman–Crippen LogP) is 3.95. The smallest absolute Gasteiger partial charge is 0.373 e. The van der Waals surface area contributed by atoms with Gasteiger partial charge in [-0.05, 0) is 39.3 Å². The molecule has 0 saturated carbocycles. The zero-order valence-electron chi connectivity index (χ0n) is 16.7. The van der Waals surface area contributed by atoms with Crippen LogP contribution in [-0.4, -0.2) is 59.6 Å². The molecule has 1 heterocycles. The van der Waals surface area contributed by atoms with Gasteiger partial charge in [-0.2, -0.15) is 0 Å². The van der Waals surface area contributed by atoms with Crippen LogP contribution in [0.5, 0.6) is 0 Å². The molecule has 0 spiro atoms. The average Bonchev–Trinajstić information content (AvgIpc) is 2.04. The Kier molecular flexibility index (Phi) is 6.22. The lowest BCUT2D eigenvalue weighted by Crippen LogP contribution is -2.90. The molecule has 0 aromatic carbocycles. The van der Waals surface area contributed by atoms with E-state index in [0.29, 0.717) is 0 Å². The summed E-state index contributed by atoms with van der Waals surface area (Å²) < 4.78 is 19.0. The van der Waals surface area contributed by atoms with Crippen molar-refractivity contribution in [2.75, 3.05) is 0 Å². The molecule has 1 fully saturated rings. The van der Waals surface area contributed by atoms with Crippen molar-refractivity contribution >= 4 is 51.8 Å². The van der Waals surface area contributed by atoms with E-state index in [2.05, 4.69) is 86.4 Å². The van der Waals surface area contributed by atoms with Crippen LogP contribution in [0.2, 0.25) is 78.6 Å². The molecule has 130 valence electrons. The van der Waals surface area contributed by atoms with E-state index in [0.717, 1.165) is 0 Å². The minimum Gasteiger partial charge on any atom is -0.433 e. The maximum atomic E-state index is 6.72. The topological polar surface area (TPSA) is 24.9 Å². The molecule has 10 heteroatoms. The van der Waals surface area contributed by atoms with Gasteiger partial charge in [0.2, 0.25) is 0 Å². The van der Waals surface area contributed by atoms with Crippen LogP contribution in [0.25, 0.3) is 0 Å². The van der Waals surface area contributed by atoms with E-state index in [9.17, 15) is 0 Å². The maximum absolute atomic E-state index is 6.72. The van der Waals surface area contributed by atoms with Gasteiger partial charge in [0.1, 0.15) is 16.5 Å². The highest BCUT2D eigenvalue weighted by Crippen LogP contribution is 2.35. The third kappa shape index (κ3) is 5.60. The molecule has 1 rings (SSSR count). The average molecular weight is 409 g/mol. The SMILES string of the molecule is C[Si](C)(C)O[Si]1N([Si](C)(C)C)[Si](O[Si](C)(C)C)N1[Si](C)(C)C. The van der Waals surface area contributed by atoms with Gasteiger partial charge < -0.3 is 8.23 Å². The second-order valence-corrected chi connectivity index (χ2v) is 35.3. The molecular formula is C12H36N2O2Si6. The summed E-state index contributed by atoms with van der Waals surface area (Å²) in [6, 6.07) is 0. The highest BCUT2D eigenvalue weighted by Gasteiger charge is 2.63. The van der Waals surface area contributed by atoms with Crippen LogP contribution < -0.4 is 0 Å². The summed E-state index contributed by atoms with van der Waals surface area (Å²) in [6.45, 7) is 28.6. The first-order valence-electron chi connectivity index (χ1n) is 8.16. The summed E-state index contributed by atoms with van der Waals surface area (Å²) in [5, 5.41) is 0. The Hall–Kier alpha value is 1.14. The summed E-state index contributed by atoms with van der Waals surface area (Å²) in [5.41, 5.74) is 0. The lowest BCUT2D eigenvalue weighted by atomic mass is 11.8. The Morgan fingerprint density at radius 3 is 0.864 bits per heavy atom. The maximum Gasteiger partial charge on any atom is 0.373 e. The van der Waals surface area contributed by atoms with Gasteiger partial charge in [0.05, 0.1) is 0 Å². The zero-order valence-corrected chi connectivity index (χ0v) is 22.7. The van der Waals surface area contributed by atoms with Crippen molar-refractivity contribution in [1.82, 2.24) is 7.79 Å². The largest absolute Gasteiger partial charge is 0.433 e. The van der Waals surface area contributed by atoms with E-state index >= 15 is 0 Å². The zero-order chi connectivity index (χ0) is 17.7. The molecule has 22 heavy (non-hydrogen) atoms. The van der Waals surface area contributed by atoms with Crippen LogP contribution in [-0.2, 0) is 8.23 Å². The van der Waals surface area contributed by atoms with Crippen molar-refractivity contribution in [3.8, 4) is 0 Å². The van der Waals surface area contributed by atoms with Crippen molar-refractivity contribution < 1.29 is 8.23 Å². The molecule has 1 aliphatic rings. The highest BCUT2D eigenvalue weighted by atomic mass is 28.6. The molecule has 0 atom stereocenters. The number of nitrogens with zero attached hydrogens (tertiary/aromatic N) is 2. The normalized spacial score (nSPS) is 21.3. The number of hydrogen-bond donors (Lipinski definition) is 0. The van der Waals surface area contributed by atoms with Gasteiger partial charge in [-0.3, -0.25) is 7.79 Å². The quantitative estimate of drug-likeness (QED) is 0.621. The van der Waals surface area contributed by atoms with Crippen molar-refractivity contribution in [2.45, 2.75) is 78.6 Å². The minimum atomic E-state index is -1.54. The van der Waals surface area contributed by atoms with E-state index < -0.39 is 51.8 Å². The Bertz CT molecular complexity index is 350. The summed E-state index contributed by atoms with van der Waals surface area (Å²) in [4.78, 5) is 0. The second kappa shape index (κ2) is 6.46. The molecule has 1 aliphatic heterocycles. The van der Waals surface area contributed by atoms with Gasteiger partial charge in [0, 0.05) is 0 Å². The first-order valence-corrected chi connectivity index (χ1v) is 24.5. The summed E-state index contributed by atoms with van der Waals surface area (Å²) in [7, 11) is -7.97. The predicted molar refractivity (Wildman–Crippen MR) is 111 cm³/mol. The summed E-state index contributed by atoms with van der Waals surface area (Å²) in [5.74, 6) is 0. The van der Waals surface area contributed by atoms with Crippen molar-refractivity contribution in [1.29, 1.82) is 0 Å². The van der Waals surface area contributed by atoms with E-state index in [4.69, 9.17) is 8.23 Å². The molecule has 0 aliphatic carbocycles. The first kappa shape index (κ1) is 21.2. The number of hydrogen-bond acceptors (Lipinski definition) is 4. The molecule has 2 radical (unpaired) electrons. The van der Waals surface area contributed by atoms with E-state index in [1.807, 2.05) is 0 Å². The van der Waals surface area contributed by atoms with Gasteiger partial charge in [-0.1, -0.05) is 39.3 Å². The molecule has 0 unspecified atom stereocenters. The Labute approximate surface area is 146 Å². The highest BCUT2D eigenvalue weighted by molar-refractivity contribution is 7.08. The fourth-order valence-electron chi connectivity index (χ4n) is 2.20. The molecule has 0 amide bonds. The summed E-state index contributed by atoms with van der Waals surface area (Å²) in [6.07, 6.45) is 0. The third-order valence-corrected chi connectivity index (χ3v) is 26.1. The second-order valence-electron chi connectivity index (χ2n) is 10.0. The van der Waals surface area contributed by atoms with Gasteiger partial charge in [-0.25, -0.2) is 0 Å².